The molecule has 0 fully saturated rings. The number of amides is 1. The molecule has 0 spiro atoms. The normalized spacial score (nSPS) is 12.7. The molecule has 3 N–H and O–H groups in total. The molecule has 0 radical (unpaired) electrons. The number of pyridine rings is 1. The number of aryl methyl sites for hydroxylation is 1. The minimum absolute atomic E-state index is 0.198. The minimum Gasteiger partial charge on any atom is -0.323 e. The second-order valence-electron chi connectivity index (χ2n) is 3.84. The molecule has 5 heteroatoms. The van der Waals surface area contributed by atoms with E-state index in [1.54, 1.807) is 6.92 Å². The number of hydrogen-bond acceptors (Lipinski definition) is 3. The number of nitrogens with one attached hydrogen (secondary N) is 1. The van der Waals surface area contributed by atoms with Crippen molar-refractivity contribution in [3.8, 4) is 0 Å². The number of rotatable bonds is 2. The number of nitrogens with two attached hydrogens (primary N) is 1. The molecule has 0 aliphatic heterocycles. The van der Waals surface area contributed by atoms with Gasteiger partial charge in [-0.15, -0.1) is 0 Å². The number of nitrogens with zero attached hydrogens (tertiary/aromatic N) is 2. The van der Waals surface area contributed by atoms with Crippen molar-refractivity contribution in [3.05, 3.63) is 30.2 Å². The Bertz CT molecular complexity index is 530. The van der Waals surface area contributed by atoms with E-state index < -0.39 is 6.04 Å². The zero-order valence-corrected chi connectivity index (χ0v) is 9.27. The smallest absolute Gasteiger partial charge is 0.241 e. The van der Waals surface area contributed by atoms with Crippen LogP contribution < -0.4 is 11.1 Å². The highest BCUT2D eigenvalue weighted by Gasteiger charge is 2.07. The summed E-state index contributed by atoms with van der Waals surface area (Å²) >= 11 is 0. The summed E-state index contributed by atoms with van der Waals surface area (Å²) in [6, 6.07) is 3.14. The van der Waals surface area contributed by atoms with Gasteiger partial charge >= 0.3 is 0 Å². The molecule has 0 saturated heterocycles. The van der Waals surface area contributed by atoms with Gasteiger partial charge in [0.25, 0.3) is 0 Å². The van der Waals surface area contributed by atoms with Gasteiger partial charge in [-0.1, -0.05) is 0 Å². The molecule has 1 amide bonds. The van der Waals surface area contributed by atoms with Crippen molar-refractivity contribution in [1.29, 1.82) is 0 Å². The first-order chi connectivity index (χ1) is 7.56. The first-order valence-electron chi connectivity index (χ1n) is 5.08. The maximum Gasteiger partial charge on any atom is 0.241 e. The Hall–Kier alpha value is -1.88. The Balaban J connectivity index is 2.29. The number of aromatic nitrogens is 2. The summed E-state index contributed by atoms with van der Waals surface area (Å²) in [5.41, 5.74) is 7.98. The predicted molar refractivity (Wildman–Crippen MR) is 62.2 cm³/mol. The third kappa shape index (κ3) is 2.04. The van der Waals surface area contributed by atoms with Crippen LogP contribution in [0.5, 0.6) is 0 Å². The summed E-state index contributed by atoms with van der Waals surface area (Å²) in [6.07, 6.45) is 3.71. The largest absolute Gasteiger partial charge is 0.323 e. The molecular formula is C11H14N4O. The molecule has 2 heterocycles. The fourth-order valence-electron chi connectivity index (χ4n) is 1.45. The average molecular weight is 218 g/mol. The first-order valence-corrected chi connectivity index (χ1v) is 5.08. The number of carbonyl (C=O) groups is 1. The molecule has 2 aromatic heterocycles. The van der Waals surface area contributed by atoms with Crippen LogP contribution in [0.15, 0.2) is 24.5 Å². The van der Waals surface area contributed by atoms with E-state index in [-0.39, 0.29) is 5.91 Å². The lowest BCUT2D eigenvalue weighted by molar-refractivity contribution is -0.117. The Morgan fingerprint density at radius 3 is 2.94 bits per heavy atom. The van der Waals surface area contributed by atoms with Crippen LogP contribution in [0.25, 0.3) is 5.65 Å². The van der Waals surface area contributed by atoms with E-state index in [0.29, 0.717) is 5.69 Å². The van der Waals surface area contributed by atoms with Gasteiger partial charge in [-0.25, -0.2) is 4.98 Å². The Morgan fingerprint density at radius 1 is 1.50 bits per heavy atom. The van der Waals surface area contributed by atoms with E-state index >= 15 is 0 Å². The third-order valence-electron chi connectivity index (χ3n) is 2.25. The highest BCUT2D eigenvalue weighted by molar-refractivity contribution is 5.94. The van der Waals surface area contributed by atoms with Crippen LogP contribution in [0.1, 0.15) is 12.6 Å². The molecule has 5 nitrogen and oxygen atoms in total. The number of hydrogen-bond donors (Lipinski definition) is 2. The fourth-order valence-corrected chi connectivity index (χ4v) is 1.45. The van der Waals surface area contributed by atoms with Gasteiger partial charge in [0.05, 0.1) is 17.4 Å². The molecular weight excluding hydrogens is 204 g/mol. The molecule has 2 aromatic rings. The van der Waals surface area contributed by atoms with Gasteiger partial charge in [0.2, 0.25) is 5.91 Å². The van der Waals surface area contributed by atoms with Crippen LogP contribution in [-0.2, 0) is 4.79 Å². The molecule has 0 aliphatic rings. The van der Waals surface area contributed by atoms with E-state index in [1.807, 2.05) is 35.9 Å². The SMILES string of the molecule is Cc1cn2cc(NC(=O)[C@@H](C)N)ccc2n1. The summed E-state index contributed by atoms with van der Waals surface area (Å²) in [5.74, 6) is -0.198. The molecule has 2 rings (SSSR count). The number of fused-ring (bicyclic) bond motifs is 1. The molecule has 0 bridgehead atoms. The van der Waals surface area contributed by atoms with Gasteiger partial charge in [-0.2, -0.15) is 0 Å². The van der Waals surface area contributed by atoms with Crippen LogP contribution in [0.3, 0.4) is 0 Å². The third-order valence-corrected chi connectivity index (χ3v) is 2.25. The lowest BCUT2D eigenvalue weighted by Crippen LogP contribution is -2.32. The summed E-state index contributed by atoms with van der Waals surface area (Å²) < 4.78 is 1.87. The molecule has 0 aliphatic carbocycles. The van der Waals surface area contributed by atoms with E-state index in [1.165, 1.54) is 0 Å². The standard InChI is InChI=1S/C11H14N4O/c1-7-5-15-6-9(3-4-10(15)13-7)14-11(16)8(2)12/h3-6,8H,12H2,1-2H3,(H,14,16)/t8-/m1/s1. The summed E-state index contributed by atoms with van der Waals surface area (Å²) in [5, 5.41) is 2.73. The molecule has 0 aromatic carbocycles. The first kappa shape index (κ1) is 10.6. The van der Waals surface area contributed by atoms with E-state index in [4.69, 9.17) is 5.73 Å². The molecule has 16 heavy (non-hydrogen) atoms. The lowest BCUT2D eigenvalue weighted by atomic mass is 10.3. The van der Waals surface area contributed by atoms with E-state index in [2.05, 4.69) is 10.3 Å². The number of anilines is 1. The summed E-state index contributed by atoms with van der Waals surface area (Å²) in [6.45, 7) is 3.57. The van der Waals surface area contributed by atoms with Crippen LogP contribution in [0.4, 0.5) is 5.69 Å². The fraction of sp³-hybridized carbons (Fsp3) is 0.273. The van der Waals surface area contributed by atoms with Crippen molar-refractivity contribution in [2.45, 2.75) is 19.9 Å². The minimum atomic E-state index is -0.514. The molecule has 0 saturated carbocycles. The highest BCUT2D eigenvalue weighted by Crippen LogP contribution is 2.11. The van der Waals surface area contributed by atoms with Gasteiger partial charge in [0, 0.05) is 12.4 Å². The lowest BCUT2D eigenvalue weighted by Gasteiger charge is -2.07. The topological polar surface area (TPSA) is 72.4 Å². The predicted octanol–water partition coefficient (Wildman–Crippen LogP) is 0.928. The van der Waals surface area contributed by atoms with Gasteiger partial charge in [-0.3, -0.25) is 4.79 Å². The summed E-state index contributed by atoms with van der Waals surface area (Å²) in [4.78, 5) is 15.7. The van der Waals surface area contributed by atoms with Crippen molar-refractivity contribution in [2.24, 2.45) is 5.73 Å². The monoisotopic (exact) mass is 218 g/mol. The van der Waals surface area contributed by atoms with Crippen LogP contribution in [-0.4, -0.2) is 21.3 Å². The van der Waals surface area contributed by atoms with Crippen molar-refractivity contribution in [1.82, 2.24) is 9.38 Å². The Morgan fingerprint density at radius 2 is 2.25 bits per heavy atom. The quantitative estimate of drug-likeness (QED) is 0.787. The average Bonchev–Trinajstić information content (AvgIpc) is 2.57. The number of imidazole rings is 1. The maximum atomic E-state index is 11.4. The van der Waals surface area contributed by atoms with Gasteiger partial charge in [0.1, 0.15) is 5.65 Å². The second kappa shape index (κ2) is 3.94. The van der Waals surface area contributed by atoms with Crippen molar-refractivity contribution in [3.63, 3.8) is 0 Å². The maximum absolute atomic E-state index is 11.4. The van der Waals surface area contributed by atoms with Crippen molar-refractivity contribution < 1.29 is 4.79 Å². The van der Waals surface area contributed by atoms with Gasteiger partial charge < -0.3 is 15.5 Å². The Kier molecular flexibility index (Phi) is 2.62. The molecule has 0 unspecified atom stereocenters. The van der Waals surface area contributed by atoms with E-state index in [9.17, 15) is 4.79 Å². The molecule has 1 atom stereocenters. The zero-order chi connectivity index (χ0) is 11.7. The van der Waals surface area contributed by atoms with Gasteiger partial charge in [0.15, 0.2) is 0 Å². The number of carbonyl (C=O) groups excluding carboxylic acids is 1. The van der Waals surface area contributed by atoms with Crippen LogP contribution in [0.2, 0.25) is 0 Å². The summed E-state index contributed by atoms with van der Waals surface area (Å²) in [7, 11) is 0. The highest BCUT2D eigenvalue weighted by atomic mass is 16.2. The second-order valence-corrected chi connectivity index (χ2v) is 3.84. The van der Waals surface area contributed by atoms with Crippen LogP contribution in [0, 0.1) is 6.92 Å². The molecule has 84 valence electrons. The van der Waals surface area contributed by atoms with Gasteiger partial charge in [-0.05, 0) is 26.0 Å². The van der Waals surface area contributed by atoms with Crippen molar-refractivity contribution >= 4 is 17.2 Å². The van der Waals surface area contributed by atoms with Crippen molar-refractivity contribution in [2.75, 3.05) is 5.32 Å². The Labute approximate surface area is 93.3 Å². The zero-order valence-electron chi connectivity index (χ0n) is 9.27. The van der Waals surface area contributed by atoms with E-state index in [0.717, 1.165) is 11.3 Å². The van der Waals surface area contributed by atoms with Crippen LogP contribution >= 0.6 is 0 Å².